The number of nitrogens with one attached hydrogen (secondary N) is 1. The molecule has 10 nitrogen and oxygen atoms in total. The van der Waals surface area contributed by atoms with Crippen molar-refractivity contribution in [1.29, 1.82) is 0 Å². The van der Waals surface area contributed by atoms with E-state index in [1.54, 1.807) is 18.2 Å². The number of nitrogens with zero attached hydrogens (tertiary/aromatic N) is 2. The summed E-state index contributed by atoms with van der Waals surface area (Å²) in [6.45, 7) is 7.38. The standard InChI is InChI=1S/C46H63N3O7/c1-3-5-7-9-11-16-27-48(28-17-12-10-8-6-4-2)32-40-30-42(37-25-23-35(33-50)24-26-37)56-45(55-40)38-21-18-22-39(29-38)49-43(51)31-41(44(49)52)47-46(53)54-34-36-19-14-13-15-20-36/h13-15,18-26,29,40-42,45,50H,3-12,16-17,27-28,30-34H2,1-2H3,(H,47,53). The number of amides is 3. The van der Waals surface area contributed by atoms with Gasteiger partial charge in [0, 0.05) is 18.5 Å². The van der Waals surface area contributed by atoms with Gasteiger partial charge in [0.1, 0.15) is 12.6 Å². The van der Waals surface area contributed by atoms with Crippen LogP contribution in [0.15, 0.2) is 78.9 Å². The third kappa shape index (κ3) is 13.3. The molecule has 3 aromatic rings. The predicted octanol–water partition coefficient (Wildman–Crippen LogP) is 9.31. The van der Waals surface area contributed by atoms with Crippen molar-refractivity contribution in [3.8, 4) is 0 Å². The highest BCUT2D eigenvalue weighted by molar-refractivity contribution is 6.22. The minimum absolute atomic E-state index is 0.0298. The van der Waals surface area contributed by atoms with Gasteiger partial charge in [0.15, 0.2) is 6.29 Å². The Morgan fingerprint density at radius 2 is 1.45 bits per heavy atom. The highest BCUT2D eigenvalue weighted by Gasteiger charge is 2.41. The fourth-order valence-electron chi connectivity index (χ4n) is 7.58. The second-order valence-corrected chi connectivity index (χ2v) is 15.3. The predicted molar refractivity (Wildman–Crippen MR) is 219 cm³/mol. The average molecular weight is 770 g/mol. The van der Waals surface area contributed by atoms with Crippen LogP contribution in [0.4, 0.5) is 10.5 Å². The van der Waals surface area contributed by atoms with Gasteiger partial charge in [-0.3, -0.25) is 9.59 Å². The van der Waals surface area contributed by atoms with Crippen LogP contribution in [0, 0.1) is 0 Å². The molecule has 0 aliphatic carbocycles. The molecule has 10 heteroatoms. The van der Waals surface area contributed by atoms with Crippen LogP contribution in [0.1, 0.15) is 138 Å². The number of aliphatic hydroxyl groups excluding tert-OH is 1. The van der Waals surface area contributed by atoms with Crippen LogP contribution in [0.25, 0.3) is 0 Å². The van der Waals surface area contributed by atoms with Crippen molar-refractivity contribution in [3.63, 3.8) is 0 Å². The van der Waals surface area contributed by atoms with E-state index in [-0.39, 0.29) is 31.8 Å². The molecule has 4 atom stereocenters. The minimum atomic E-state index is -1.03. The number of ether oxygens (including phenoxy) is 3. The Morgan fingerprint density at radius 1 is 0.786 bits per heavy atom. The average Bonchev–Trinajstić information content (AvgIpc) is 3.50. The number of rotatable bonds is 23. The Morgan fingerprint density at radius 3 is 2.11 bits per heavy atom. The van der Waals surface area contributed by atoms with E-state index in [9.17, 15) is 19.5 Å². The van der Waals surface area contributed by atoms with Crippen molar-refractivity contribution in [3.05, 3.63) is 101 Å². The molecule has 2 fully saturated rings. The van der Waals surface area contributed by atoms with E-state index in [4.69, 9.17) is 14.2 Å². The second kappa shape index (κ2) is 23.2. The van der Waals surface area contributed by atoms with Crippen LogP contribution < -0.4 is 10.2 Å². The first-order valence-electron chi connectivity index (χ1n) is 21.0. The fourth-order valence-corrected chi connectivity index (χ4v) is 7.58. The molecule has 0 saturated carbocycles. The first-order chi connectivity index (χ1) is 27.4. The SMILES string of the molecule is CCCCCCCCN(CCCCCCCC)CC1CC(c2ccc(CO)cc2)OC(c2cccc(N3C(=O)CC(NC(=O)OCc4ccccc4)C3=O)c2)O1. The van der Waals surface area contributed by atoms with Gasteiger partial charge < -0.3 is 29.5 Å². The molecule has 0 radical (unpaired) electrons. The van der Waals surface area contributed by atoms with Crippen LogP contribution >= 0.6 is 0 Å². The largest absolute Gasteiger partial charge is 0.445 e. The van der Waals surface area contributed by atoms with Gasteiger partial charge in [-0.2, -0.15) is 0 Å². The van der Waals surface area contributed by atoms with Gasteiger partial charge in [0.25, 0.3) is 5.91 Å². The van der Waals surface area contributed by atoms with Gasteiger partial charge in [-0.25, -0.2) is 9.69 Å². The van der Waals surface area contributed by atoms with Crippen molar-refractivity contribution in [2.24, 2.45) is 0 Å². The van der Waals surface area contributed by atoms with Crippen LogP contribution in [0.2, 0.25) is 0 Å². The second-order valence-electron chi connectivity index (χ2n) is 15.3. The molecule has 5 rings (SSSR count). The molecule has 0 aromatic heterocycles. The Kier molecular flexibility index (Phi) is 17.8. The zero-order valence-electron chi connectivity index (χ0n) is 33.5. The van der Waals surface area contributed by atoms with Gasteiger partial charge in [0.2, 0.25) is 5.91 Å². The summed E-state index contributed by atoms with van der Waals surface area (Å²) >= 11 is 0. The molecule has 304 valence electrons. The highest BCUT2D eigenvalue weighted by atomic mass is 16.7. The highest BCUT2D eigenvalue weighted by Crippen LogP contribution is 2.39. The van der Waals surface area contributed by atoms with Crippen LogP contribution in [-0.4, -0.2) is 59.7 Å². The molecule has 2 N–H and O–H groups in total. The Balaban J connectivity index is 1.28. The van der Waals surface area contributed by atoms with Crippen molar-refractivity contribution >= 4 is 23.6 Å². The topological polar surface area (TPSA) is 118 Å². The summed E-state index contributed by atoms with van der Waals surface area (Å²) in [7, 11) is 0. The fraction of sp³-hybridized carbons (Fsp3) is 0.543. The van der Waals surface area contributed by atoms with Crippen LogP contribution in [0.3, 0.4) is 0 Å². The number of benzene rings is 3. The lowest BCUT2D eigenvalue weighted by molar-refractivity contribution is -0.253. The molecule has 0 spiro atoms. The first-order valence-corrected chi connectivity index (χ1v) is 21.0. The van der Waals surface area contributed by atoms with Gasteiger partial charge in [-0.15, -0.1) is 0 Å². The van der Waals surface area contributed by atoms with Crippen molar-refractivity contribution in [2.75, 3.05) is 24.5 Å². The number of carbonyl (C=O) groups excluding carboxylic acids is 3. The van der Waals surface area contributed by atoms with Crippen molar-refractivity contribution in [1.82, 2.24) is 10.2 Å². The van der Waals surface area contributed by atoms with E-state index in [0.717, 1.165) is 41.2 Å². The summed E-state index contributed by atoms with van der Waals surface area (Å²) in [6, 6.07) is 23.3. The summed E-state index contributed by atoms with van der Waals surface area (Å²) in [5.74, 6) is -0.931. The summed E-state index contributed by atoms with van der Waals surface area (Å²) in [4.78, 5) is 43.1. The maximum Gasteiger partial charge on any atom is 0.408 e. The number of aliphatic hydroxyl groups is 1. The third-order valence-electron chi connectivity index (χ3n) is 10.8. The quantitative estimate of drug-likeness (QED) is 0.0724. The van der Waals surface area contributed by atoms with Crippen molar-refractivity contribution in [2.45, 2.75) is 141 Å². The lowest BCUT2D eigenvalue weighted by Crippen LogP contribution is -2.42. The molecule has 2 aliphatic heterocycles. The molecule has 3 amide bonds. The maximum absolute atomic E-state index is 13.5. The molecular formula is C46H63N3O7. The summed E-state index contributed by atoms with van der Waals surface area (Å²) < 4.78 is 18.7. The van der Waals surface area contributed by atoms with E-state index in [1.807, 2.05) is 60.7 Å². The van der Waals surface area contributed by atoms with Crippen LogP contribution in [-0.2, 0) is 37.0 Å². The molecule has 2 aliphatic rings. The Hall–Kier alpha value is -4.09. The number of unbranched alkanes of at least 4 members (excludes halogenated alkanes) is 10. The molecule has 0 bridgehead atoms. The molecular weight excluding hydrogens is 707 g/mol. The molecule has 3 aromatic carbocycles. The van der Waals surface area contributed by atoms with E-state index < -0.39 is 30.2 Å². The van der Waals surface area contributed by atoms with Gasteiger partial charge in [-0.1, -0.05) is 145 Å². The number of hydrogen-bond acceptors (Lipinski definition) is 8. The summed E-state index contributed by atoms with van der Waals surface area (Å²) in [5.41, 5.74) is 3.75. The van der Waals surface area contributed by atoms with E-state index in [1.165, 1.54) is 77.0 Å². The van der Waals surface area contributed by atoms with E-state index in [0.29, 0.717) is 17.7 Å². The van der Waals surface area contributed by atoms with Crippen LogP contribution in [0.5, 0.6) is 0 Å². The number of hydrogen-bond donors (Lipinski definition) is 2. The zero-order chi connectivity index (χ0) is 39.5. The number of imide groups is 1. The smallest absolute Gasteiger partial charge is 0.408 e. The zero-order valence-corrected chi connectivity index (χ0v) is 33.5. The minimum Gasteiger partial charge on any atom is -0.445 e. The van der Waals surface area contributed by atoms with E-state index in [2.05, 4.69) is 24.1 Å². The van der Waals surface area contributed by atoms with Gasteiger partial charge in [0.05, 0.1) is 30.9 Å². The molecule has 2 heterocycles. The van der Waals surface area contributed by atoms with E-state index >= 15 is 0 Å². The molecule has 2 saturated heterocycles. The third-order valence-corrected chi connectivity index (χ3v) is 10.8. The number of anilines is 1. The molecule has 56 heavy (non-hydrogen) atoms. The normalized spacial score (nSPS) is 19.8. The van der Waals surface area contributed by atoms with Gasteiger partial charge in [-0.05, 0) is 54.8 Å². The lowest BCUT2D eigenvalue weighted by atomic mass is 9.99. The number of carbonyl (C=O) groups is 3. The van der Waals surface area contributed by atoms with Crippen molar-refractivity contribution < 1.29 is 33.7 Å². The van der Waals surface area contributed by atoms with Gasteiger partial charge >= 0.3 is 6.09 Å². The molecule has 4 unspecified atom stereocenters. The summed E-state index contributed by atoms with van der Waals surface area (Å²) in [6.07, 6.45) is 13.6. The Labute approximate surface area is 333 Å². The Bertz CT molecular complexity index is 1620. The maximum atomic E-state index is 13.5. The summed E-state index contributed by atoms with van der Waals surface area (Å²) in [5, 5.41) is 12.3. The monoisotopic (exact) mass is 769 g/mol. The number of alkyl carbamates (subject to hydrolysis) is 1. The first kappa shape index (κ1) is 43.0. The lowest BCUT2D eigenvalue weighted by Gasteiger charge is -2.38.